The van der Waals surface area contributed by atoms with E-state index in [1.165, 1.54) is 23.3 Å². The van der Waals surface area contributed by atoms with Gasteiger partial charge in [0.15, 0.2) is 0 Å². The minimum atomic E-state index is -0.385. The Balaban J connectivity index is 1.35. The monoisotopic (exact) mass is 480 g/mol. The Kier molecular flexibility index (Phi) is 5.81. The number of hydrogen-bond donors (Lipinski definition) is 0. The van der Waals surface area contributed by atoms with Crippen LogP contribution in [0.1, 0.15) is 32.7 Å². The highest BCUT2D eigenvalue weighted by Crippen LogP contribution is 2.33. The summed E-state index contributed by atoms with van der Waals surface area (Å²) in [4.78, 5) is 26.8. The number of fused-ring (bicyclic) bond motifs is 2. The summed E-state index contributed by atoms with van der Waals surface area (Å²) in [6, 6.07) is 23.7. The average Bonchev–Trinajstić information content (AvgIpc) is 2.92. The maximum Gasteiger partial charge on any atom is 0.254 e. The van der Waals surface area contributed by atoms with Gasteiger partial charge in [-0.3, -0.25) is 4.79 Å². The number of halogens is 1. The molecule has 0 bridgehead atoms. The smallest absolute Gasteiger partial charge is 0.254 e. The van der Waals surface area contributed by atoms with Crippen molar-refractivity contribution in [3.63, 3.8) is 0 Å². The molecule has 0 atom stereocenters. The largest absolute Gasteiger partial charge is 0.438 e. The lowest BCUT2D eigenvalue weighted by Crippen LogP contribution is -2.37. The number of carbonyl (C=O) groups is 1. The molecule has 3 heterocycles. The summed E-state index contributed by atoms with van der Waals surface area (Å²) in [5.74, 6) is 0.888. The van der Waals surface area contributed by atoms with E-state index in [0.717, 1.165) is 24.2 Å². The molecule has 7 heteroatoms. The molecule has 0 radical (unpaired) electrons. The van der Waals surface area contributed by atoms with Gasteiger partial charge in [-0.15, -0.1) is 0 Å². The number of carbonyl (C=O) groups excluding carboxylic acids is 1. The molecule has 0 spiro atoms. The van der Waals surface area contributed by atoms with Crippen molar-refractivity contribution in [2.45, 2.75) is 25.9 Å². The van der Waals surface area contributed by atoms with Crippen LogP contribution < -0.4 is 9.64 Å². The molecular formula is C29H25FN4O2. The second-order valence-corrected chi connectivity index (χ2v) is 9.10. The van der Waals surface area contributed by atoms with Gasteiger partial charge in [-0.1, -0.05) is 48.5 Å². The zero-order chi connectivity index (χ0) is 24.5. The second-order valence-electron chi connectivity index (χ2n) is 9.10. The van der Waals surface area contributed by atoms with E-state index in [4.69, 9.17) is 14.7 Å². The number of anilines is 1. The Morgan fingerprint density at radius 2 is 1.64 bits per heavy atom. The van der Waals surface area contributed by atoms with E-state index in [0.29, 0.717) is 49.2 Å². The Morgan fingerprint density at radius 3 is 2.47 bits per heavy atom. The molecule has 0 unspecified atom stereocenters. The van der Waals surface area contributed by atoms with Gasteiger partial charge in [0, 0.05) is 37.7 Å². The zero-order valence-electron chi connectivity index (χ0n) is 19.7. The Morgan fingerprint density at radius 1 is 0.833 bits per heavy atom. The van der Waals surface area contributed by atoms with Crippen LogP contribution in [-0.2, 0) is 25.9 Å². The molecule has 0 fully saturated rings. The predicted octanol–water partition coefficient (Wildman–Crippen LogP) is 5.17. The van der Waals surface area contributed by atoms with E-state index in [1.54, 1.807) is 17.0 Å². The highest BCUT2D eigenvalue weighted by atomic mass is 19.1. The van der Waals surface area contributed by atoms with Gasteiger partial charge in [-0.2, -0.15) is 4.98 Å². The minimum absolute atomic E-state index is 0.0466. The number of amides is 1. The van der Waals surface area contributed by atoms with Crippen molar-refractivity contribution in [3.8, 4) is 11.6 Å². The standard InChI is InChI=1S/C29H25FN4O2/c30-23-11-6-12-24(17-23)36-27-25-19-33(28(35)21-8-2-1-3-9-21)16-14-26(25)31-29(32-27)34-15-13-20-7-4-5-10-22(20)18-34/h1-12,17H,13-16,18-19H2. The van der Waals surface area contributed by atoms with E-state index in [1.807, 2.05) is 36.4 Å². The number of rotatable bonds is 4. The number of ether oxygens (including phenoxy) is 1. The number of nitrogens with zero attached hydrogens (tertiary/aromatic N) is 4. The molecule has 6 rings (SSSR count). The van der Waals surface area contributed by atoms with Gasteiger partial charge in [-0.05, 0) is 41.8 Å². The lowest BCUT2D eigenvalue weighted by Gasteiger charge is -2.32. The minimum Gasteiger partial charge on any atom is -0.438 e. The van der Waals surface area contributed by atoms with Crippen molar-refractivity contribution in [3.05, 3.63) is 113 Å². The summed E-state index contributed by atoms with van der Waals surface area (Å²) in [5.41, 5.74) is 4.87. The van der Waals surface area contributed by atoms with Crippen LogP contribution in [0.4, 0.5) is 10.3 Å². The van der Waals surface area contributed by atoms with Gasteiger partial charge in [-0.25, -0.2) is 9.37 Å². The first-order valence-corrected chi connectivity index (χ1v) is 12.1. The summed E-state index contributed by atoms with van der Waals surface area (Å²) in [7, 11) is 0. The molecule has 3 aromatic carbocycles. The zero-order valence-corrected chi connectivity index (χ0v) is 19.7. The first-order valence-electron chi connectivity index (χ1n) is 12.1. The van der Waals surface area contributed by atoms with E-state index < -0.39 is 0 Å². The Hall–Kier alpha value is -4.26. The topological polar surface area (TPSA) is 58.6 Å². The molecule has 0 aliphatic carbocycles. The van der Waals surface area contributed by atoms with Crippen LogP contribution in [0.2, 0.25) is 0 Å². The molecule has 1 amide bonds. The van der Waals surface area contributed by atoms with Crippen molar-refractivity contribution < 1.29 is 13.9 Å². The number of hydrogen-bond acceptors (Lipinski definition) is 5. The van der Waals surface area contributed by atoms with E-state index in [9.17, 15) is 9.18 Å². The fraction of sp³-hybridized carbons (Fsp3) is 0.207. The van der Waals surface area contributed by atoms with Crippen LogP contribution in [0, 0.1) is 5.82 Å². The van der Waals surface area contributed by atoms with Gasteiger partial charge >= 0.3 is 0 Å². The first-order chi connectivity index (χ1) is 17.6. The van der Waals surface area contributed by atoms with Gasteiger partial charge in [0.2, 0.25) is 11.8 Å². The maximum atomic E-state index is 13.9. The van der Waals surface area contributed by atoms with Crippen LogP contribution in [0.15, 0.2) is 78.9 Å². The van der Waals surface area contributed by atoms with Gasteiger partial charge in [0.25, 0.3) is 5.91 Å². The van der Waals surface area contributed by atoms with Crippen molar-refractivity contribution >= 4 is 11.9 Å². The van der Waals surface area contributed by atoms with Crippen LogP contribution in [0.5, 0.6) is 11.6 Å². The summed E-state index contributed by atoms with van der Waals surface area (Å²) in [6.07, 6.45) is 1.50. The Labute approximate surface area is 209 Å². The SMILES string of the molecule is O=C(c1ccccc1)N1CCc2nc(N3CCc4ccccc4C3)nc(Oc3cccc(F)c3)c2C1. The molecule has 36 heavy (non-hydrogen) atoms. The second kappa shape index (κ2) is 9.41. The highest BCUT2D eigenvalue weighted by Gasteiger charge is 2.29. The van der Waals surface area contributed by atoms with Crippen molar-refractivity contribution in [1.82, 2.24) is 14.9 Å². The maximum absolute atomic E-state index is 13.9. The fourth-order valence-electron chi connectivity index (χ4n) is 4.84. The van der Waals surface area contributed by atoms with Crippen LogP contribution in [0.3, 0.4) is 0 Å². The third-order valence-corrected chi connectivity index (χ3v) is 6.74. The van der Waals surface area contributed by atoms with Crippen LogP contribution in [-0.4, -0.2) is 33.9 Å². The molecule has 4 aromatic rings. The third-order valence-electron chi connectivity index (χ3n) is 6.74. The lowest BCUT2D eigenvalue weighted by atomic mass is 10.0. The van der Waals surface area contributed by atoms with E-state index in [-0.39, 0.29) is 11.7 Å². The highest BCUT2D eigenvalue weighted by molar-refractivity contribution is 5.94. The molecule has 6 nitrogen and oxygen atoms in total. The molecule has 180 valence electrons. The molecule has 0 saturated heterocycles. The van der Waals surface area contributed by atoms with Gasteiger partial charge in [0.1, 0.15) is 11.6 Å². The van der Waals surface area contributed by atoms with E-state index in [2.05, 4.69) is 23.1 Å². The molecule has 0 saturated carbocycles. The molecule has 0 N–H and O–H groups in total. The predicted molar refractivity (Wildman–Crippen MR) is 135 cm³/mol. The van der Waals surface area contributed by atoms with E-state index >= 15 is 0 Å². The third kappa shape index (κ3) is 4.40. The van der Waals surface area contributed by atoms with Crippen molar-refractivity contribution in [1.29, 1.82) is 0 Å². The van der Waals surface area contributed by atoms with Crippen molar-refractivity contribution in [2.75, 3.05) is 18.0 Å². The molecule has 2 aliphatic rings. The summed E-state index contributed by atoms with van der Waals surface area (Å²) >= 11 is 0. The quantitative estimate of drug-likeness (QED) is 0.403. The normalized spacial score (nSPS) is 14.7. The Bertz CT molecular complexity index is 1430. The average molecular weight is 481 g/mol. The summed E-state index contributed by atoms with van der Waals surface area (Å²) in [5, 5.41) is 0. The summed E-state index contributed by atoms with van der Waals surface area (Å²) < 4.78 is 20.0. The van der Waals surface area contributed by atoms with Crippen molar-refractivity contribution in [2.24, 2.45) is 0 Å². The molecule has 1 aromatic heterocycles. The first kappa shape index (κ1) is 22.2. The van der Waals surface area contributed by atoms with Gasteiger partial charge in [0.05, 0.1) is 17.8 Å². The number of benzene rings is 3. The van der Waals surface area contributed by atoms with Gasteiger partial charge < -0.3 is 14.5 Å². The summed E-state index contributed by atoms with van der Waals surface area (Å²) in [6.45, 7) is 2.40. The fourth-order valence-corrected chi connectivity index (χ4v) is 4.84. The molecule has 2 aliphatic heterocycles. The lowest BCUT2D eigenvalue weighted by molar-refractivity contribution is 0.0732. The molecular weight excluding hydrogens is 455 g/mol. The van der Waals surface area contributed by atoms with Crippen LogP contribution in [0.25, 0.3) is 0 Å². The van der Waals surface area contributed by atoms with Crippen LogP contribution >= 0.6 is 0 Å². The number of aromatic nitrogens is 2.